The molecule has 0 fully saturated rings. The monoisotopic (exact) mass is 309 g/mol. The molecule has 7 heteroatoms. The molecule has 0 saturated heterocycles. The number of hydrogen-bond donors (Lipinski definition) is 1. The molecule has 7 nitrogen and oxygen atoms in total. The van der Waals surface area contributed by atoms with Gasteiger partial charge in [-0.05, 0) is 24.3 Å². The number of carbonyl (C=O) groups is 1. The van der Waals surface area contributed by atoms with Crippen molar-refractivity contribution >= 4 is 5.91 Å². The molecule has 2 heterocycles. The fourth-order valence-corrected chi connectivity index (χ4v) is 1.96. The summed E-state index contributed by atoms with van der Waals surface area (Å²) in [4.78, 5) is 20.2. The molecule has 3 aromatic rings. The zero-order valence-corrected chi connectivity index (χ0v) is 12.3. The van der Waals surface area contributed by atoms with E-state index in [9.17, 15) is 4.79 Å². The number of nitrogens with one attached hydrogen (secondary N) is 1. The van der Waals surface area contributed by atoms with E-state index in [0.29, 0.717) is 24.5 Å². The summed E-state index contributed by atoms with van der Waals surface area (Å²) in [5, 5.41) is 6.79. The topological polar surface area (TPSA) is 81.9 Å². The summed E-state index contributed by atoms with van der Waals surface area (Å²) >= 11 is 0. The maximum absolute atomic E-state index is 12.1. The third kappa shape index (κ3) is 3.91. The molecule has 0 bridgehead atoms. The van der Waals surface area contributed by atoms with Crippen LogP contribution in [0.2, 0.25) is 0 Å². The smallest absolute Gasteiger partial charge is 0.251 e. The number of amides is 1. The van der Waals surface area contributed by atoms with E-state index in [1.165, 1.54) is 17.3 Å². The largest absolute Gasteiger partial charge is 0.492 e. The number of hydrogen-bond acceptors (Lipinski definition) is 5. The molecule has 0 unspecified atom stereocenters. The molecule has 23 heavy (non-hydrogen) atoms. The first-order chi connectivity index (χ1) is 11.3. The first-order valence-electron chi connectivity index (χ1n) is 7.10. The molecule has 0 aliphatic rings. The minimum atomic E-state index is -0.189. The number of ether oxygens (including phenoxy) is 1. The molecule has 116 valence electrons. The van der Waals surface area contributed by atoms with E-state index in [1.807, 2.05) is 30.3 Å². The van der Waals surface area contributed by atoms with Gasteiger partial charge in [-0.3, -0.25) is 4.79 Å². The van der Waals surface area contributed by atoms with Gasteiger partial charge in [-0.25, -0.2) is 14.6 Å². The third-order valence-corrected chi connectivity index (χ3v) is 3.06. The minimum absolute atomic E-state index is 0.189. The van der Waals surface area contributed by atoms with Crippen LogP contribution in [0.25, 0.3) is 5.82 Å². The second-order valence-corrected chi connectivity index (χ2v) is 4.66. The average Bonchev–Trinajstić information content (AvgIpc) is 3.14. The van der Waals surface area contributed by atoms with Crippen LogP contribution in [0, 0.1) is 0 Å². The lowest BCUT2D eigenvalue weighted by Crippen LogP contribution is -2.28. The van der Waals surface area contributed by atoms with Crippen LogP contribution in [-0.4, -0.2) is 38.8 Å². The van der Waals surface area contributed by atoms with Gasteiger partial charge in [0.05, 0.1) is 6.54 Å². The van der Waals surface area contributed by atoms with Crippen molar-refractivity contribution in [2.24, 2.45) is 0 Å². The Morgan fingerprint density at radius 2 is 2.09 bits per heavy atom. The van der Waals surface area contributed by atoms with Gasteiger partial charge in [0.15, 0.2) is 5.82 Å². The number of para-hydroxylation sites is 1. The van der Waals surface area contributed by atoms with E-state index >= 15 is 0 Å². The van der Waals surface area contributed by atoms with Gasteiger partial charge >= 0.3 is 0 Å². The van der Waals surface area contributed by atoms with E-state index in [4.69, 9.17) is 4.74 Å². The maximum atomic E-state index is 12.1. The molecule has 1 aromatic carbocycles. The number of pyridine rings is 1. The molecule has 0 saturated carbocycles. The normalized spacial score (nSPS) is 10.3. The van der Waals surface area contributed by atoms with E-state index < -0.39 is 0 Å². The summed E-state index contributed by atoms with van der Waals surface area (Å²) in [6, 6.07) is 12.8. The molecule has 0 spiro atoms. The van der Waals surface area contributed by atoms with Gasteiger partial charge in [-0.2, -0.15) is 5.10 Å². The SMILES string of the molecule is O=C(NCCOc1ccccc1)c1ccnc(-n2cncn2)c1. The molecule has 2 aromatic heterocycles. The molecular weight excluding hydrogens is 294 g/mol. The zero-order chi connectivity index (χ0) is 15.9. The van der Waals surface area contributed by atoms with Crippen molar-refractivity contribution in [3.05, 3.63) is 66.9 Å². The second kappa shape index (κ2) is 7.17. The molecule has 0 aliphatic heterocycles. The molecule has 1 N–H and O–H groups in total. The van der Waals surface area contributed by atoms with Crippen LogP contribution in [0.3, 0.4) is 0 Å². The quantitative estimate of drug-likeness (QED) is 0.697. The molecule has 0 radical (unpaired) electrons. The lowest BCUT2D eigenvalue weighted by atomic mass is 10.2. The van der Waals surface area contributed by atoms with E-state index in [-0.39, 0.29) is 5.91 Å². The summed E-state index contributed by atoms with van der Waals surface area (Å²) in [5.74, 6) is 1.13. The van der Waals surface area contributed by atoms with Gasteiger partial charge in [-0.15, -0.1) is 0 Å². The van der Waals surface area contributed by atoms with Gasteiger partial charge in [0.25, 0.3) is 5.91 Å². The van der Waals surface area contributed by atoms with Gasteiger partial charge in [0.1, 0.15) is 25.0 Å². The van der Waals surface area contributed by atoms with Crippen molar-refractivity contribution < 1.29 is 9.53 Å². The number of benzene rings is 1. The van der Waals surface area contributed by atoms with Gasteiger partial charge in [-0.1, -0.05) is 18.2 Å². The van der Waals surface area contributed by atoms with E-state index in [2.05, 4.69) is 20.4 Å². The Hall–Kier alpha value is -3.22. The average molecular weight is 309 g/mol. The Balaban J connectivity index is 1.53. The Morgan fingerprint density at radius 1 is 1.22 bits per heavy atom. The van der Waals surface area contributed by atoms with Crippen molar-refractivity contribution in [3.63, 3.8) is 0 Å². The van der Waals surface area contributed by atoms with Gasteiger partial charge in [0.2, 0.25) is 0 Å². The zero-order valence-electron chi connectivity index (χ0n) is 12.3. The van der Waals surface area contributed by atoms with Crippen molar-refractivity contribution in [3.8, 4) is 11.6 Å². The van der Waals surface area contributed by atoms with Crippen LogP contribution in [0.1, 0.15) is 10.4 Å². The minimum Gasteiger partial charge on any atom is -0.492 e. The fourth-order valence-electron chi connectivity index (χ4n) is 1.96. The van der Waals surface area contributed by atoms with Crippen LogP contribution in [0.15, 0.2) is 61.3 Å². The maximum Gasteiger partial charge on any atom is 0.251 e. The van der Waals surface area contributed by atoms with Crippen LogP contribution in [-0.2, 0) is 0 Å². The first kappa shape index (κ1) is 14.7. The Labute approximate surface area is 133 Å². The van der Waals surface area contributed by atoms with Crippen molar-refractivity contribution in [1.82, 2.24) is 25.1 Å². The first-order valence-corrected chi connectivity index (χ1v) is 7.10. The second-order valence-electron chi connectivity index (χ2n) is 4.66. The lowest BCUT2D eigenvalue weighted by molar-refractivity contribution is 0.0947. The Bertz CT molecular complexity index is 759. The highest BCUT2D eigenvalue weighted by Gasteiger charge is 2.07. The molecule has 0 atom stereocenters. The summed E-state index contributed by atoms with van der Waals surface area (Å²) in [5.41, 5.74) is 0.505. The number of aromatic nitrogens is 4. The summed E-state index contributed by atoms with van der Waals surface area (Å²) in [6.07, 6.45) is 4.50. The summed E-state index contributed by atoms with van der Waals surface area (Å²) in [7, 11) is 0. The van der Waals surface area contributed by atoms with Crippen molar-refractivity contribution in [2.75, 3.05) is 13.2 Å². The van der Waals surface area contributed by atoms with E-state index in [0.717, 1.165) is 5.75 Å². The fraction of sp³-hybridized carbons (Fsp3) is 0.125. The Morgan fingerprint density at radius 3 is 2.87 bits per heavy atom. The van der Waals surface area contributed by atoms with E-state index in [1.54, 1.807) is 18.3 Å². The molecule has 3 rings (SSSR count). The Kier molecular flexibility index (Phi) is 4.58. The van der Waals surface area contributed by atoms with Gasteiger partial charge < -0.3 is 10.1 Å². The highest BCUT2D eigenvalue weighted by atomic mass is 16.5. The third-order valence-electron chi connectivity index (χ3n) is 3.06. The van der Waals surface area contributed by atoms with Crippen LogP contribution >= 0.6 is 0 Å². The van der Waals surface area contributed by atoms with Crippen molar-refractivity contribution in [1.29, 1.82) is 0 Å². The molecule has 0 aliphatic carbocycles. The molecular formula is C16H15N5O2. The highest BCUT2D eigenvalue weighted by molar-refractivity contribution is 5.94. The van der Waals surface area contributed by atoms with Crippen LogP contribution in [0.5, 0.6) is 5.75 Å². The predicted molar refractivity (Wildman–Crippen MR) is 83.4 cm³/mol. The van der Waals surface area contributed by atoms with Crippen molar-refractivity contribution in [2.45, 2.75) is 0 Å². The number of nitrogens with zero attached hydrogens (tertiary/aromatic N) is 4. The van der Waals surface area contributed by atoms with Gasteiger partial charge in [0, 0.05) is 11.8 Å². The number of carbonyl (C=O) groups excluding carboxylic acids is 1. The summed E-state index contributed by atoms with van der Waals surface area (Å²) in [6.45, 7) is 0.811. The predicted octanol–water partition coefficient (Wildman–Crippen LogP) is 1.47. The van der Waals surface area contributed by atoms with Crippen LogP contribution < -0.4 is 10.1 Å². The lowest BCUT2D eigenvalue weighted by Gasteiger charge is -2.08. The number of rotatable bonds is 6. The summed E-state index contributed by atoms with van der Waals surface area (Å²) < 4.78 is 7.02. The molecule has 1 amide bonds. The van der Waals surface area contributed by atoms with Crippen LogP contribution in [0.4, 0.5) is 0 Å². The highest BCUT2D eigenvalue weighted by Crippen LogP contribution is 2.08. The standard InChI is InChI=1S/C16H15N5O2/c22-16(19-8-9-23-14-4-2-1-3-5-14)13-6-7-18-15(10-13)21-12-17-11-20-21/h1-7,10-12H,8-9H2,(H,19,22).